The second-order valence-corrected chi connectivity index (χ2v) is 7.47. The summed E-state index contributed by atoms with van der Waals surface area (Å²) in [7, 11) is 3.16. The van der Waals surface area contributed by atoms with E-state index in [-0.39, 0.29) is 11.7 Å². The number of halogens is 1. The molecular formula is C20H18FNO3S2. The van der Waals surface area contributed by atoms with Gasteiger partial charge in [-0.05, 0) is 36.3 Å². The summed E-state index contributed by atoms with van der Waals surface area (Å²) in [5, 5.41) is 0. The molecule has 3 rings (SSSR count). The summed E-state index contributed by atoms with van der Waals surface area (Å²) in [6.07, 6.45) is 2.16. The SMILES string of the molecule is COc1ccc(CCN2C(=O)/C(=C/c3ccccc3F)SC2=S)cc1OC. The summed E-state index contributed by atoms with van der Waals surface area (Å²) in [5.74, 6) is 0.723. The average molecular weight is 404 g/mol. The van der Waals surface area contributed by atoms with Gasteiger partial charge in [0.05, 0.1) is 19.1 Å². The van der Waals surface area contributed by atoms with Crippen molar-refractivity contribution < 1.29 is 18.7 Å². The minimum absolute atomic E-state index is 0.200. The summed E-state index contributed by atoms with van der Waals surface area (Å²) >= 11 is 6.53. The standard InChI is InChI=1S/C20H18FNO3S2/c1-24-16-8-7-13(11-17(16)25-2)9-10-22-19(23)18(27-20(22)26)12-14-5-3-4-6-15(14)21/h3-8,11-12H,9-10H2,1-2H3/b18-12-. The molecule has 2 aromatic rings. The molecular weight excluding hydrogens is 385 g/mol. The van der Waals surface area contributed by atoms with E-state index >= 15 is 0 Å². The van der Waals surface area contributed by atoms with Gasteiger partial charge in [0.25, 0.3) is 5.91 Å². The normalized spacial score (nSPS) is 15.5. The van der Waals surface area contributed by atoms with Crippen LogP contribution >= 0.6 is 24.0 Å². The zero-order valence-electron chi connectivity index (χ0n) is 14.9. The van der Waals surface area contributed by atoms with E-state index in [1.807, 2.05) is 18.2 Å². The predicted molar refractivity (Wildman–Crippen MR) is 110 cm³/mol. The number of thioether (sulfide) groups is 1. The minimum Gasteiger partial charge on any atom is -0.493 e. The Kier molecular flexibility index (Phi) is 6.13. The summed E-state index contributed by atoms with van der Waals surface area (Å²) in [6.45, 7) is 0.439. The number of hydrogen-bond acceptors (Lipinski definition) is 5. The Morgan fingerprint density at radius 1 is 1.15 bits per heavy atom. The quantitative estimate of drug-likeness (QED) is 0.532. The number of ether oxygens (including phenoxy) is 2. The van der Waals surface area contributed by atoms with Crippen molar-refractivity contribution in [2.45, 2.75) is 6.42 Å². The molecule has 7 heteroatoms. The first-order valence-corrected chi connectivity index (χ1v) is 9.46. The predicted octanol–water partition coefficient (Wildman–Crippen LogP) is 4.29. The van der Waals surface area contributed by atoms with Gasteiger partial charge < -0.3 is 9.47 Å². The van der Waals surface area contributed by atoms with Gasteiger partial charge in [-0.3, -0.25) is 9.69 Å². The molecule has 0 atom stereocenters. The fraction of sp³-hybridized carbons (Fsp3) is 0.200. The van der Waals surface area contributed by atoms with Crippen LogP contribution in [0.4, 0.5) is 4.39 Å². The van der Waals surface area contributed by atoms with Crippen molar-refractivity contribution in [3.05, 3.63) is 64.3 Å². The molecule has 0 saturated carbocycles. The molecule has 1 fully saturated rings. The van der Waals surface area contributed by atoms with Crippen LogP contribution in [0.15, 0.2) is 47.4 Å². The third-order valence-electron chi connectivity index (χ3n) is 4.14. The van der Waals surface area contributed by atoms with Crippen LogP contribution in [0.1, 0.15) is 11.1 Å². The van der Waals surface area contributed by atoms with Gasteiger partial charge in [0.2, 0.25) is 0 Å². The van der Waals surface area contributed by atoms with Crippen molar-refractivity contribution >= 4 is 40.3 Å². The van der Waals surface area contributed by atoms with E-state index in [0.29, 0.717) is 39.3 Å². The number of carbonyl (C=O) groups is 1. The molecule has 4 nitrogen and oxygen atoms in total. The van der Waals surface area contributed by atoms with Gasteiger partial charge >= 0.3 is 0 Å². The highest BCUT2D eigenvalue weighted by atomic mass is 32.2. The van der Waals surface area contributed by atoms with Crippen LogP contribution in [0, 0.1) is 5.82 Å². The van der Waals surface area contributed by atoms with Crippen LogP contribution in [-0.2, 0) is 11.2 Å². The number of carbonyl (C=O) groups excluding carboxylic acids is 1. The first-order chi connectivity index (χ1) is 13.0. The van der Waals surface area contributed by atoms with Gasteiger partial charge in [0, 0.05) is 12.1 Å². The molecule has 0 aliphatic carbocycles. The van der Waals surface area contributed by atoms with Crippen molar-refractivity contribution in [1.29, 1.82) is 0 Å². The molecule has 0 bridgehead atoms. The van der Waals surface area contributed by atoms with Crippen LogP contribution in [-0.4, -0.2) is 35.9 Å². The van der Waals surface area contributed by atoms with Crippen molar-refractivity contribution in [2.75, 3.05) is 20.8 Å². The van der Waals surface area contributed by atoms with Gasteiger partial charge in [-0.25, -0.2) is 4.39 Å². The fourth-order valence-corrected chi connectivity index (χ4v) is 4.00. The maximum absolute atomic E-state index is 13.8. The van der Waals surface area contributed by atoms with E-state index in [1.54, 1.807) is 43.4 Å². The Bertz CT molecular complexity index is 914. The topological polar surface area (TPSA) is 38.8 Å². The monoisotopic (exact) mass is 403 g/mol. The highest BCUT2D eigenvalue weighted by Crippen LogP contribution is 2.33. The molecule has 0 unspecified atom stereocenters. The number of thiocarbonyl (C=S) groups is 1. The molecule has 1 amide bonds. The van der Waals surface area contributed by atoms with Crippen molar-refractivity contribution in [3.8, 4) is 11.5 Å². The third kappa shape index (κ3) is 4.31. The summed E-state index contributed by atoms with van der Waals surface area (Å²) < 4.78 is 24.8. The van der Waals surface area contributed by atoms with Gasteiger partial charge in [0.15, 0.2) is 11.5 Å². The lowest BCUT2D eigenvalue weighted by Gasteiger charge is -2.15. The molecule has 27 heavy (non-hydrogen) atoms. The second kappa shape index (κ2) is 8.54. The zero-order valence-corrected chi connectivity index (χ0v) is 16.5. The van der Waals surface area contributed by atoms with E-state index in [4.69, 9.17) is 21.7 Å². The number of nitrogens with zero attached hydrogens (tertiary/aromatic N) is 1. The van der Waals surface area contributed by atoms with E-state index in [1.165, 1.54) is 17.8 Å². The van der Waals surface area contributed by atoms with Crippen LogP contribution < -0.4 is 9.47 Å². The molecule has 1 saturated heterocycles. The second-order valence-electron chi connectivity index (χ2n) is 5.79. The van der Waals surface area contributed by atoms with Crippen LogP contribution in [0.5, 0.6) is 11.5 Å². The zero-order chi connectivity index (χ0) is 19.4. The molecule has 0 aromatic heterocycles. The van der Waals surface area contributed by atoms with E-state index in [0.717, 1.165) is 5.56 Å². The molecule has 140 valence electrons. The Morgan fingerprint density at radius 2 is 1.89 bits per heavy atom. The number of benzene rings is 2. The highest BCUT2D eigenvalue weighted by molar-refractivity contribution is 8.26. The lowest BCUT2D eigenvalue weighted by molar-refractivity contribution is -0.122. The van der Waals surface area contributed by atoms with Crippen molar-refractivity contribution in [3.63, 3.8) is 0 Å². The van der Waals surface area contributed by atoms with Crippen molar-refractivity contribution in [1.82, 2.24) is 4.90 Å². The Balaban J connectivity index is 1.72. The van der Waals surface area contributed by atoms with E-state index in [2.05, 4.69) is 0 Å². The van der Waals surface area contributed by atoms with Crippen molar-refractivity contribution in [2.24, 2.45) is 0 Å². The summed E-state index contributed by atoms with van der Waals surface area (Å²) in [6, 6.07) is 12.0. The molecule has 1 heterocycles. The number of rotatable bonds is 6. The van der Waals surface area contributed by atoms with Crippen LogP contribution in [0.3, 0.4) is 0 Å². The maximum Gasteiger partial charge on any atom is 0.266 e. The molecule has 0 N–H and O–H groups in total. The smallest absolute Gasteiger partial charge is 0.266 e. The molecule has 2 aromatic carbocycles. The lowest BCUT2D eigenvalue weighted by Crippen LogP contribution is -2.30. The number of hydrogen-bond donors (Lipinski definition) is 0. The number of amides is 1. The van der Waals surface area contributed by atoms with E-state index < -0.39 is 0 Å². The molecule has 0 spiro atoms. The lowest BCUT2D eigenvalue weighted by atomic mass is 10.1. The number of methoxy groups -OCH3 is 2. The Hall–Kier alpha value is -2.38. The third-order valence-corrected chi connectivity index (χ3v) is 5.52. The van der Waals surface area contributed by atoms with Gasteiger partial charge in [0.1, 0.15) is 10.1 Å². The van der Waals surface area contributed by atoms with Gasteiger partial charge in [-0.1, -0.05) is 48.2 Å². The Morgan fingerprint density at radius 3 is 2.59 bits per heavy atom. The molecule has 1 aliphatic heterocycles. The average Bonchev–Trinajstić information content (AvgIpc) is 2.94. The largest absolute Gasteiger partial charge is 0.493 e. The van der Waals surface area contributed by atoms with Crippen LogP contribution in [0.25, 0.3) is 6.08 Å². The molecule has 0 radical (unpaired) electrons. The summed E-state index contributed by atoms with van der Waals surface area (Å²) in [5.41, 5.74) is 1.37. The first kappa shape index (κ1) is 19.4. The fourth-order valence-electron chi connectivity index (χ4n) is 2.70. The Labute approximate surface area is 167 Å². The maximum atomic E-state index is 13.8. The molecule has 1 aliphatic rings. The van der Waals surface area contributed by atoms with Gasteiger partial charge in [-0.15, -0.1) is 0 Å². The highest BCUT2D eigenvalue weighted by Gasteiger charge is 2.31. The summed E-state index contributed by atoms with van der Waals surface area (Å²) in [4.78, 5) is 14.6. The first-order valence-electron chi connectivity index (χ1n) is 8.24. The van der Waals surface area contributed by atoms with E-state index in [9.17, 15) is 9.18 Å². The van der Waals surface area contributed by atoms with Gasteiger partial charge in [-0.2, -0.15) is 0 Å². The minimum atomic E-state index is -0.368. The van der Waals surface area contributed by atoms with Crippen LogP contribution in [0.2, 0.25) is 0 Å².